The van der Waals surface area contributed by atoms with Gasteiger partial charge in [0.15, 0.2) is 0 Å². The van der Waals surface area contributed by atoms with Gasteiger partial charge < -0.3 is 19.7 Å². The zero-order chi connectivity index (χ0) is 23.4. The lowest BCUT2D eigenvalue weighted by atomic mass is 10.0. The smallest absolute Gasteiger partial charge is 0.255 e. The minimum Gasteiger partial charge on any atom is -0.491 e. The number of carbonyl (C=O) groups is 1. The Morgan fingerprint density at radius 1 is 1.24 bits per heavy atom. The van der Waals surface area contributed by atoms with Gasteiger partial charge in [-0.25, -0.2) is 18.2 Å². The number of rotatable bonds is 10. The second-order valence-corrected chi connectivity index (χ2v) is 8.57. The average Bonchev–Trinajstić information content (AvgIpc) is 3.19. The van der Waals surface area contributed by atoms with E-state index in [2.05, 4.69) is 15.2 Å². The molecule has 178 valence electrons. The van der Waals surface area contributed by atoms with E-state index in [0.29, 0.717) is 12.3 Å². The maximum absolute atomic E-state index is 12.9. The lowest BCUT2D eigenvalue weighted by Gasteiger charge is -2.19. The molecule has 0 radical (unpaired) electrons. The second kappa shape index (κ2) is 9.89. The van der Waals surface area contributed by atoms with Gasteiger partial charge in [0.1, 0.15) is 30.1 Å². The van der Waals surface area contributed by atoms with Gasteiger partial charge in [0.05, 0.1) is 31.2 Å². The molecule has 1 aliphatic heterocycles. The van der Waals surface area contributed by atoms with Crippen LogP contribution in [0.5, 0.6) is 11.5 Å². The summed E-state index contributed by atoms with van der Waals surface area (Å²) in [5.74, 6) is -1.86. The van der Waals surface area contributed by atoms with Crippen molar-refractivity contribution in [3.8, 4) is 11.5 Å². The molecule has 0 spiro atoms. The van der Waals surface area contributed by atoms with Gasteiger partial charge in [-0.15, -0.1) is 0 Å². The van der Waals surface area contributed by atoms with Crippen LogP contribution in [-0.4, -0.2) is 55.8 Å². The van der Waals surface area contributed by atoms with Gasteiger partial charge in [0.25, 0.3) is 5.92 Å². The number of nitrogens with zero attached hydrogens (tertiary/aromatic N) is 2. The molecule has 2 unspecified atom stereocenters. The predicted octanol–water partition coefficient (Wildman–Crippen LogP) is 3.96. The molecule has 1 saturated carbocycles. The van der Waals surface area contributed by atoms with Crippen molar-refractivity contribution in [3.63, 3.8) is 0 Å². The van der Waals surface area contributed by atoms with Gasteiger partial charge in [0, 0.05) is 25.9 Å². The van der Waals surface area contributed by atoms with Crippen LogP contribution in [0.2, 0.25) is 0 Å². The van der Waals surface area contributed by atoms with E-state index in [0.717, 1.165) is 30.1 Å². The molecule has 2 heterocycles. The minimum absolute atomic E-state index is 0.00375. The summed E-state index contributed by atoms with van der Waals surface area (Å²) in [6.45, 7) is 2.68. The van der Waals surface area contributed by atoms with Crippen LogP contribution in [-0.2, 0) is 4.79 Å². The number of carbonyl (C=O) groups excluding carboxylic acids is 1. The van der Waals surface area contributed by atoms with Crippen molar-refractivity contribution in [1.29, 1.82) is 0 Å². The fourth-order valence-corrected chi connectivity index (χ4v) is 3.83. The van der Waals surface area contributed by atoms with Crippen molar-refractivity contribution in [2.75, 3.05) is 37.8 Å². The molecule has 1 N–H and O–H groups in total. The summed E-state index contributed by atoms with van der Waals surface area (Å²) in [6, 6.07) is 10.9. The van der Waals surface area contributed by atoms with Crippen molar-refractivity contribution < 1.29 is 27.4 Å². The minimum atomic E-state index is -2.58. The highest BCUT2D eigenvalue weighted by molar-refractivity contribution is 5.83. The molecule has 1 amide bonds. The quantitative estimate of drug-likeness (QED) is 0.578. The molecule has 1 aromatic carbocycles. The molecule has 1 saturated heterocycles. The fraction of sp³-hybridized carbons (Fsp3) is 0.500. The zero-order valence-corrected chi connectivity index (χ0v) is 18.5. The lowest BCUT2D eigenvalue weighted by molar-refractivity contribution is -0.122. The summed E-state index contributed by atoms with van der Waals surface area (Å²) in [6.07, 6.45) is 2.29. The number of hydrogen-bond acceptors (Lipinski definition) is 5. The van der Waals surface area contributed by atoms with Crippen molar-refractivity contribution in [1.82, 2.24) is 10.3 Å². The highest BCUT2D eigenvalue weighted by Crippen LogP contribution is 2.48. The summed E-state index contributed by atoms with van der Waals surface area (Å²) >= 11 is 0. The van der Waals surface area contributed by atoms with Crippen LogP contribution < -0.4 is 19.7 Å². The number of amides is 1. The number of alkyl halides is 3. The van der Waals surface area contributed by atoms with E-state index >= 15 is 0 Å². The summed E-state index contributed by atoms with van der Waals surface area (Å²) in [4.78, 5) is 18.5. The highest BCUT2D eigenvalue weighted by Gasteiger charge is 2.57. The first-order valence-corrected chi connectivity index (χ1v) is 11.2. The first-order valence-electron chi connectivity index (χ1n) is 11.2. The highest BCUT2D eigenvalue weighted by atomic mass is 19.3. The Balaban J connectivity index is 1.25. The molecular formula is C24H28F3N3O3. The second-order valence-electron chi connectivity index (χ2n) is 8.57. The number of pyridine rings is 1. The Morgan fingerprint density at radius 2 is 1.97 bits per heavy atom. The molecule has 3 atom stereocenters. The molecule has 6 nitrogen and oxygen atoms in total. The number of benzene rings is 1. The Hall–Kier alpha value is -2.97. The van der Waals surface area contributed by atoms with E-state index in [1.54, 1.807) is 19.2 Å². The van der Waals surface area contributed by atoms with Crippen LogP contribution in [0.3, 0.4) is 0 Å². The molecular weight excluding hydrogens is 435 g/mol. The van der Waals surface area contributed by atoms with Crippen LogP contribution in [0.4, 0.5) is 19.0 Å². The molecule has 2 aliphatic rings. The molecule has 2 fully saturated rings. The molecule has 4 rings (SSSR count). The zero-order valence-electron chi connectivity index (χ0n) is 18.5. The average molecular weight is 464 g/mol. The summed E-state index contributed by atoms with van der Waals surface area (Å²) in [7, 11) is 0. The van der Waals surface area contributed by atoms with Gasteiger partial charge in [-0.1, -0.05) is 12.1 Å². The number of aromatic nitrogens is 1. The summed E-state index contributed by atoms with van der Waals surface area (Å²) in [5.41, 5.74) is 0.837. The topological polar surface area (TPSA) is 63.7 Å². The van der Waals surface area contributed by atoms with Gasteiger partial charge in [-0.2, -0.15) is 0 Å². The molecule has 2 aromatic rings. The number of hydrogen-bond donors (Lipinski definition) is 1. The third kappa shape index (κ3) is 5.89. The molecule has 33 heavy (non-hydrogen) atoms. The van der Waals surface area contributed by atoms with Crippen molar-refractivity contribution >= 4 is 11.7 Å². The number of nitrogens with one attached hydrogen (secondary N) is 1. The SMILES string of the molecule is CC(C(=O)NCCF)c1ccc(O[C@@H]2CCN(c3ccc(OCC4CC4(F)F)cn3)C2)cc1. The predicted molar refractivity (Wildman–Crippen MR) is 118 cm³/mol. The Morgan fingerprint density at radius 3 is 2.61 bits per heavy atom. The number of ether oxygens (including phenoxy) is 2. The van der Waals surface area contributed by atoms with E-state index in [4.69, 9.17) is 9.47 Å². The monoisotopic (exact) mass is 463 g/mol. The summed E-state index contributed by atoms with van der Waals surface area (Å²) < 4.78 is 49.6. The van der Waals surface area contributed by atoms with Gasteiger partial charge >= 0.3 is 0 Å². The molecule has 1 aromatic heterocycles. The van der Waals surface area contributed by atoms with Crippen molar-refractivity contribution in [3.05, 3.63) is 48.2 Å². The van der Waals surface area contributed by atoms with Crippen molar-refractivity contribution in [2.45, 2.75) is 37.7 Å². The molecule has 1 aliphatic carbocycles. The largest absolute Gasteiger partial charge is 0.491 e. The molecule has 9 heteroatoms. The Bertz CT molecular complexity index is 940. The molecule has 0 bridgehead atoms. The standard InChI is InChI=1S/C24H28F3N3O3/c1-16(23(31)28-10-9-25)17-2-4-19(5-3-17)33-21-8-11-30(14-21)22-7-6-20(13-29-22)32-15-18-12-24(18,26)27/h2-7,13,16,18,21H,8-12,14-15H2,1H3,(H,28,31)/t16?,18?,21-/m1/s1. The number of anilines is 1. The van der Waals surface area contributed by atoms with E-state index in [1.807, 2.05) is 30.3 Å². The first kappa shape index (κ1) is 23.2. The van der Waals surface area contributed by atoms with Gasteiger partial charge in [-0.3, -0.25) is 4.79 Å². The van der Waals surface area contributed by atoms with Crippen molar-refractivity contribution in [2.24, 2.45) is 5.92 Å². The Labute approximate surface area is 191 Å². The third-order valence-corrected chi connectivity index (χ3v) is 6.07. The Kier molecular flexibility index (Phi) is 6.95. The lowest BCUT2D eigenvalue weighted by Crippen LogP contribution is -2.29. The van der Waals surface area contributed by atoms with Crippen LogP contribution in [0.25, 0.3) is 0 Å². The maximum Gasteiger partial charge on any atom is 0.255 e. The van der Waals surface area contributed by atoms with Crippen LogP contribution >= 0.6 is 0 Å². The van der Waals surface area contributed by atoms with E-state index in [9.17, 15) is 18.0 Å². The van der Waals surface area contributed by atoms with E-state index < -0.39 is 18.5 Å². The van der Waals surface area contributed by atoms with Gasteiger partial charge in [-0.05, 0) is 36.8 Å². The fourth-order valence-electron chi connectivity index (χ4n) is 3.83. The summed E-state index contributed by atoms with van der Waals surface area (Å²) in [5, 5.41) is 2.55. The third-order valence-electron chi connectivity index (χ3n) is 6.07. The van der Waals surface area contributed by atoms with Crippen LogP contribution in [0, 0.1) is 5.92 Å². The van der Waals surface area contributed by atoms with Gasteiger partial charge in [0.2, 0.25) is 5.91 Å². The van der Waals surface area contributed by atoms with Crippen LogP contribution in [0.15, 0.2) is 42.6 Å². The van der Waals surface area contributed by atoms with E-state index in [-0.39, 0.29) is 37.5 Å². The van der Waals surface area contributed by atoms with Crippen LogP contribution in [0.1, 0.15) is 31.2 Å². The maximum atomic E-state index is 12.9. The first-order chi connectivity index (χ1) is 15.9. The normalized spacial score (nSPS) is 22.0. The number of halogens is 3. The van der Waals surface area contributed by atoms with E-state index in [1.165, 1.54) is 0 Å².